The van der Waals surface area contributed by atoms with Crippen LogP contribution in [0.5, 0.6) is 11.5 Å². The van der Waals surface area contributed by atoms with E-state index >= 15 is 0 Å². The number of halogens is 4. The zero-order valence-electron chi connectivity index (χ0n) is 13.9. The van der Waals surface area contributed by atoms with Crippen LogP contribution >= 0.6 is 23.4 Å². The molecule has 0 N–H and O–H groups in total. The van der Waals surface area contributed by atoms with Crippen molar-refractivity contribution < 1.29 is 27.4 Å². The lowest BCUT2D eigenvalue weighted by Crippen LogP contribution is -2.24. The van der Waals surface area contributed by atoms with Crippen LogP contribution in [0.15, 0.2) is 47.4 Å². The molecule has 0 spiro atoms. The van der Waals surface area contributed by atoms with Crippen LogP contribution in [0.1, 0.15) is 6.92 Å². The molecule has 1 radical (unpaired) electrons. The van der Waals surface area contributed by atoms with E-state index in [9.17, 15) is 13.2 Å². The second kappa shape index (κ2) is 9.94. The summed E-state index contributed by atoms with van der Waals surface area (Å²) in [6, 6.07) is 13.5. The highest BCUT2D eigenvalue weighted by Crippen LogP contribution is 2.28. The highest BCUT2D eigenvalue weighted by Gasteiger charge is 2.31. The van der Waals surface area contributed by atoms with Gasteiger partial charge in [-0.1, -0.05) is 17.7 Å². The lowest BCUT2D eigenvalue weighted by molar-refractivity contribution is -0.274. The van der Waals surface area contributed by atoms with Crippen molar-refractivity contribution >= 4 is 23.4 Å². The van der Waals surface area contributed by atoms with Crippen LogP contribution < -0.4 is 9.47 Å². The summed E-state index contributed by atoms with van der Waals surface area (Å²) >= 11 is 7.64. The van der Waals surface area contributed by atoms with Crippen LogP contribution in [0.2, 0.25) is 5.02 Å². The standard InChI is InChI=1S/C18H17ClF3O3S/c1-2-23-15(12-26-17-6-4-3-5-16(17)19)11-24-13-7-9-14(10-8-13)25-18(20,21)22/h4-10,15H,2,11-12H2,1H3/t15-/m1/s1. The Bertz CT molecular complexity index is 680. The molecule has 141 valence electrons. The largest absolute Gasteiger partial charge is 0.573 e. The number of ether oxygens (including phenoxy) is 3. The minimum atomic E-state index is -4.71. The number of hydrogen-bond donors (Lipinski definition) is 0. The van der Waals surface area contributed by atoms with Gasteiger partial charge in [-0.05, 0) is 49.4 Å². The summed E-state index contributed by atoms with van der Waals surface area (Å²) in [5, 5.41) is 0.619. The van der Waals surface area contributed by atoms with E-state index in [2.05, 4.69) is 10.8 Å². The molecule has 0 amide bonds. The Kier molecular flexibility index (Phi) is 7.93. The molecule has 3 nitrogen and oxygen atoms in total. The fraction of sp³-hybridized carbons (Fsp3) is 0.333. The first-order valence-electron chi connectivity index (χ1n) is 7.76. The molecule has 2 aromatic rings. The third-order valence-corrected chi connectivity index (χ3v) is 4.73. The molecule has 0 aliphatic heterocycles. The average Bonchev–Trinajstić information content (AvgIpc) is 2.58. The van der Waals surface area contributed by atoms with Crippen molar-refractivity contribution in [3.8, 4) is 11.5 Å². The molecule has 0 saturated carbocycles. The lowest BCUT2D eigenvalue weighted by atomic mass is 10.3. The number of hydrogen-bond acceptors (Lipinski definition) is 4. The molecule has 2 aromatic carbocycles. The maximum atomic E-state index is 12.2. The molecule has 2 rings (SSSR count). The summed E-state index contributed by atoms with van der Waals surface area (Å²) in [4.78, 5) is 0.920. The molecule has 0 aromatic heterocycles. The first-order valence-corrected chi connectivity index (χ1v) is 9.12. The van der Waals surface area contributed by atoms with Gasteiger partial charge in [0.15, 0.2) is 0 Å². The fourth-order valence-corrected chi connectivity index (χ4v) is 3.21. The molecule has 0 bridgehead atoms. The summed E-state index contributed by atoms with van der Waals surface area (Å²) in [6.45, 7) is 2.66. The first kappa shape index (κ1) is 20.7. The first-order chi connectivity index (χ1) is 12.4. The van der Waals surface area contributed by atoms with Gasteiger partial charge in [-0.15, -0.1) is 24.9 Å². The van der Waals surface area contributed by atoms with E-state index in [4.69, 9.17) is 21.1 Å². The maximum absolute atomic E-state index is 12.2. The average molecular weight is 406 g/mol. The van der Waals surface area contributed by atoms with Crippen molar-refractivity contribution in [2.75, 3.05) is 19.0 Å². The third-order valence-electron chi connectivity index (χ3n) is 3.10. The monoisotopic (exact) mass is 405 g/mol. The minimum Gasteiger partial charge on any atom is -0.491 e. The van der Waals surface area contributed by atoms with Crippen molar-refractivity contribution in [1.29, 1.82) is 0 Å². The van der Waals surface area contributed by atoms with Gasteiger partial charge in [-0.2, -0.15) is 0 Å². The van der Waals surface area contributed by atoms with Gasteiger partial charge in [0.25, 0.3) is 0 Å². The predicted octanol–water partition coefficient (Wildman–Crippen LogP) is 5.61. The lowest BCUT2D eigenvalue weighted by Gasteiger charge is -2.18. The molecular formula is C18H17ClF3O3S. The maximum Gasteiger partial charge on any atom is 0.573 e. The van der Waals surface area contributed by atoms with E-state index in [1.807, 2.05) is 13.0 Å². The van der Waals surface area contributed by atoms with Crippen LogP contribution in [0.3, 0.4) is 0 Å². The van der Waals surface area contributed by atoms with E-state index in [-0.39, 0.29) is 18.5 Å². The second-order valence-electron chi connectivity index (χ2n) is 5.08. The Labute approximate surface area is 159 Å². The quantitative estimate of drug-likeness (QED) is 0.506. The molecule has 0 unspecified atom stereocenters. The smallest absolute Gasteiger partial charge is 0.491 e. The van der Waals surface area contributed by atoms with Crippen molar-refractivity contribution in [2.24, 2.45) is 0 Å². The molecule has 26 heavy (non-hydrogen) atoms. The van der Waals surface area contributed by atoms with Gasteiger partial charge in [0, 0.05) is 17.3 Å². The van der Waals surface area contributed by atoms with Crippen LogP contribution in [-0.2, 0) is 4.74 Å². The van der Waals surface area contributed by atoms with Gasteiger partial charge in [-0.3, -0.25) is 0 Å². The Hall–Kier alpha value is -1.57. The van der Waals surface area contributed by atoms with Gasteiger partial charge in [0.1, 0.15) is 24.2 Å². The highest BCUT2D eigenvalue weighted by molar-refractivity contribution is 7.99. The molecule has 0 saturated heterocycles. The van der Waals surface area contributed by atoms with Crippen molar-refractivity contribution in [1.82, 2.24) is 0 Å². The van der Waals surface area contributed by atoms with Crippen molar-refractivity contribution in [2.45, 2.75) is 24.3 Å². The summed E-state index contributed by atoms with van der Waals surface area (Å²) in [5.41, 5.74) is 0. The molecule has 0 fully saturated rings. The zero-order chi connectivity index (χ0) is 19.0. The molecule has 0 aliphatic rings. The SMILES string of the molecule is CCO[C@H](COc1ccc(OC(F)(F)F)cc1)CSc1cc[c]cc1Cl. The summed E-state index contributed by atoms with van der Waals surface area (Å²) in [6.07, 6.45) is -4.91. The molecule has 0 aliphatic carbocycles. The number of alkyl halides is 3. The van der Waals surface area contributed by atoms with Crippen LogP contribution in [-0.4, -0.2) is 31.4 Å². The summed E-state index contributed by atoms with van der Waals surface area (Å²) in [5.74, 6) is 0.756. The Morgan fingerprint density at radius 2 is 1.85 bits per heavy atom. The highest BCUT2D eigenvalue weighted by atomic mass is 35.5. The topological polar surface area (TPSA) is 27.7 Å². The predicted molar refractivity (Wildman–Crippen MR) is 95.0 cm³/mol. The molecule has 8 heteroatoms. The molecule has 0 heterocycles. The Morgan fingerprint density at radius 3 is 2.46 bits per heavy atom. The van der Waals surface area contributed by atoms with E-state index < -0.39 is 6.36 Å². The van der Waals surface area contributed by atoms with Gasteiger partial charge in [-0.25, -0.2) is 0 Å². The van der Waals surface area contributed by atoms with E-state index in [0.717, 1.165) is 4.90 Å². The normalized spacial score (nSPS) is 12.7. The third kappa shape index (κ3) is 7.35. The van der Waals surface area contributed by atoms with Crippen LogP contribution in [0.25, 0.3) is 0 Å². The molecule has 1 atom stereocenters. The van der Waals surface area contributed by atoms with E-state index in [0.29, 0.717) is 23.1 Å². The fourth-order valence-electron chi connectivity index (χ4n) is 2.00. The van der Waals surface area contributed by atoms with Crippen LogP contribution in [0.4, 0.5) is 13.2 Å². The number of rotatable bonds is 9. The van der Waals surface area contributed by atoms with Crippen molar-refractivity contribution in [3.05, 3.63) is 53.6 Å². The Balaban J connectivity index is 1.86. The van der Waals surface area contributed by atoms with Gasteiger partial charge in [0.2, 0.25) is 0 Å². The van der Waals surface area contributed by atoms with E-state index in [1.54, 1.807) is 12.1 Å². The summed E-state index contributed by atoms with van der Waals surface area (Å²) in [7, 11) is 0. The van der Waals surface area contributed by atoms with Gasteiger partial charge in [0.05, 0.1) is 5.02 Å². The number of benzene rings is 2. The van der Waals surface area contributed by atoms with Gasteiger partial charge < -0.3 is 14.2 Å². The van der Waals surface area contributed by atoms with Crippen LogP contribution in [0, 0.1) is 6.07 Å². The Morgan fingerprint density at radius 1 is 1.15 bits per heavy atom. The van der Waals surface area contributed by atoms with E-state index in [1.165, 1.54) is 36.0 Å². The molecular weight excluding hydrogens is 389 g/mol. The van der Waals surface area contributed by atoms with Crippen molar-refractivity contribution in [3.63, 3.8) is 0 Å². The zero-order valence-corrected chi connectivity index (χ0v) is 15.5. The number of thioether (sulfide) groups is 1. The van der Waals surface area contributed by atoms with Gasteiger partial charge >= 0.3 is 6.36 Å². The summed E-state index contributed by atoms with van der Waals surface area (Å²) < 4.78 is 51.5. The minimum absolute atomic E-state index is 0.198. The second-order valence-corrected chi connectivity index (χ2v) is 6.54.